The average molecular weight is 262 g/mol. The Labute approximate surface area is 112 Å². The summed E-state index contributed by atoms with van der Waals surface area (Å²) in [5.41, 5.74) is 2.18. The normalized spacial score (nSPS) is 16.9. The van der Waals surface area contributed by atoms with Gasteiger partial charge in [-0.1, -0.05) is 30.9 Å². The summed E-state index contributed by atoms with van der Waals surface area (Å²) in [6, 6.07) is 4.03. The fourth-order valence-corrected chi connectivity index (χ4v) is 2.88. The first-order valence-electron chi connectivity index (χ1n) is 6.49. The van der Waals surface area contributed by atoms with E-state index in [1.165, 1.54) is 32.1 Å². The molecule has 0 bridgehead atoms. The maximum Gasteiger partial charge on any atom is 0.131 e. The van der Waals surface area contributed by atoms with E-state index in [2.05, 4.69) is 16.0 Å². The summed E-state index contributed by atoms with van der Waals surface area (Å²) in [6.07, 6.45) is 11.9. The second kappa shape index (κ2) is 5.11. The van der Waals surface area contributed by atoms with Crippen molar-refractivity contribution in [3.63, 3.8) is 0 Å². The highest BCUT2D eigenvalue weighted by Crippen LogP contribution is 2.33. The molecule has 94 valence electrons. The van der Waals surface area contributed by atoms with Crippen LogP contribution in [0.4, 0.5) is 0 Å². The van der Waals surface area contributed by atoms with Gasteiger partial charge in [-0.3, -0.25) is 0 Å². The standard InChI is InChI=1S/C14H16ClN3/c15-14-9-12(18-7-6-16-10-18)8-13(17-14)11-4-2-1-3-5-11/h6-11H,1-5H2. The topological polar surface area (TPSA) is 30.7 Å². The first-order chi connectivity index (χ1) is 8.83. The fraction of sp³-hybridized carbons (Fsp3) is 0.429. The number of pyridine rings is 1. The van der Waals surface area contributed by atoms with Crippen LogP contribution in [0.25, 0.3) is 5.69 Å². The fourth-order valence-electron chi connectivity index (χ4n) is 2.67. The second-order valence-electron chi connectivity index (χ2n) is 4.88. The molecule has 2 heterocycles. The van der Waals surface area contributed by atoms with Gasteiger partial charge in [-0.25, -0.2) is 9.97 Å². The van der Waals surface area contributed by atoms with Crippen LogP contribution in [0.5, 0.6) is 0 Å². The molecule has 1 aliphatic rings. The molecule has 1 fully saturated rings. The van der Waals surface area contributed by atoms with E-state index in [1.807, 2.05) is 16.8 Å². The molecule has 0 spiro atoms. The van der Waals surface area contributed by atoms with Crippen molar-refractivity contribution in [2.24, 2.45) is 0 Å². The molecular weight excluding hydrogens is 246 g/mol. The minimum Gasteiger partial charge on any atom is -0.306 e. The van der Waals surface area contributed by atoms with Gasteiger partial charge in [0.05, 0.1) is 12.0 Å². The van der Waals surface area contributed by atoms with Crippen molar-refractivity contribution in [1.29, 1.82) is 0 Å². The third-order valence-corrected chi connectivity index (χ3v) is 3.82. The SMILES string of the molecule is Clc1cc(-n2ccnc2)cc(C2CCCCC2)n1. The zero-order valence-electron chi connectivity index (χ0n) is 10.2. The Morgan fingerprint density at radius 3 is 2.72 bits per heavy atom. The van der Waals surface area contributed by atoms with Crippen molar-refractivity contribution in [2.75, 3.05) is 0 Å². The van der Waals surface area contributed by atoms with E-state index >= 15 is 0 Å². The first kappa shape index (κ1) is 11.7. The summed E-state index contributed by atoms with van der Waals surface area (Å²) in [7, 11) is 0. The molecule has 0 saturated heterocycles. The van der Waals surface area contributed by atoms with Crippen LogP contribution in [-0.2, 0) is 0 Å². The van der Waals surface area contributed by atoms with E-state index in [1.54, 1.807) is 12.5 Å². The molecule has 1 aliphatic carbocycles. The average Bonchev–Trinajstić information content (AvgIpc) is 2.93. The largest absolute Gasteiger partial charge is 0.306 e. The predicted octanol–water partition coefficient (Wildman–Crippen LogP) is 3.97. The van der Waals surface area contributed by atoms with Crippen molar-refractivity contribution in [3.8, 4) is 5.69 Å². The van der Waals surface area contributed by atoms with Gasteiger partial charge in [0.15, 0.2) is 0 Å². The number of rotatable bonds is 2. The Morgan fingerprint density at radius 2 is 2.00 bits per heavy atom. The smallest absolute Gasteiger partial charge is 0.131 e. The number of halogens is 1. The molecule has 0 radical (unpaired) electrons. The molecule has 0 aromatic carbocycles. The van der Waals surface area contributed by atoms with Crippen LogP contribution in [0, 0.1) is 0 Å². The molecule has 0 amide bonds. The first-order valence-corrected chi connectivity index (χ1v) is 6.86. The Hall–Kier alpha value is -1.35. The molecule has 1 saturated carbocycles. The highest BCUT2D eigenvalue weighted by molar-refractivity contribution is 6.29. The van der Waals surface area contributed by atoms with Crippen LogP contribution >= 0.6 is 11.6 Å². The summed E-state index contributed by atoms with van der Waals surface area (Å²) in [5, 5.41) is 0.571. The van der Waals surface area contributed by atoms with E-state index in [4.69, 9.17) is 11.6 Å². The van der Waals surface area contributed by atoms with Crippen LogP contribution < -0.4 is 0 Å². The molecule has 0 atom stereocenters. The summed E-state index contributed by atoms with van der Waals surface area (Å²) in [4.78, 5) is 8.57. The molecule has 2 aromatic heterocycles. The Balaban J connectivity index is 1.95. The zero-order valence-corrected chi connectivity index (χ0v) is 11.0. The number of aromatic nitrogens is 3. The summed E-state index contributed by atoms with van der Waals surface area (Å²) in [5.74, 6) is 0.569. The minimum atomic E-state index is 0.569. The van der Waals surface area contributed by atoms with Crippen LogP contribution in [0.2, 0.25) is 5.15 Å². The van der Waals surface area contributed by atoms with Gasteiger partial charge in [-0.15, -0.1) is 0 Å². The van der Waals surface area contributed by atoms with E-state index in [0.29, 0.717) is 11.1 Å². The molecule has 0 aliphatic heterocycles. The molecule has 0 unspecified atom stereocenters. The number of hydrogen-bond donors (Lipinski definition) is 0. The Morgan fingerprint density at radius 1 is 1.17 bits per heavy atom. The highest BCUT2D eigenvalue weighted by Gasteiger charge is 2.18. The lowest BCUT2D eigenvalue weighted by molar-refractivity contribution is 0.436. The molecule has 4 heteroatoms. The lowest BCUT2D eigenvalue weighted by Crippen LogP contribution is -2.07. The Kier molecular flexibility index (Phi) is 3.33. The van der Waals surface area contributed by atoms with Crippen molar-refractivity contribution in [3.05, 3.63) is 41.7 Å². The van der Waals surface area contributed by atoms with Crippen molar-refractivity contribution >= 4 is 11.6 Å². The number of hydrogen-bond acceptors (Lipinski definition) is 2. The van der Waals surface area contributed by atoms with Crippen molar-refractivity contribution in [1.82, 2.24) is 14.5 Å². The van der Waals surface area contributed by atoms with E-state index in [-0.39, 0.29) is 0 Å². The van der Waals surface area contributed by atoms with Gasteiger partial charge in [0.25, 0.3) is 0 Å². The van der Waals surface area contributed by atoms with Gasteiger partial charge in [-0.05, 0) is 25.0 Å². The van der Waals surface area contributed by atoms with Gasteiger partial charge >= 0.3 is 0 Å². The van der Waals surface area contributed by atoms with E-state index < -0.39 is 0 Å². The quantitative estimate of drug-likeness (QED) is 0.766. The molecule has 3 nitrogen and oxygen atoms in total. The number of imidazole rings is 1. The maximum atomic E-state index is 6.14. The lowest BCUT2D eigenvalue weighted by Gasteiger charge is -2.21. The van der Waals surface area contributed by atoms with Crippen LogP contribution in [-0.4, -0.2) is 14.5 Å². The molecule has 0 N–H and O–H groups in total. The van der Waals surface area contributed by atoms with Gasteiger partial charge in [0.2, 0.25) is 0 Å². The monoisotopic (exact) mass is 261 g/mol. The molecular formula is C14H16ClN3. The van der Waals surface area contributed by atoms with E-state index in [0.717, 1.165) is 11.4 Å². The van der Waals surface area contributed by atoms with Crippen molar-refractivity contribution in [2.45, 2.75) is 38.0 Å². The van der Waals surface area contributed by atoms with E-state index in [9.17, 15) is 0 Å². The molecule has 18 heavy (non-hydrogen) atoms. The lowest BCUT2D eigenvalue weighted by atomic mass is 9.86. The summed E-state index contributed by atoms with van der Waals surface area (Å²) < 4.78 is 1.97. The summed E-state index contributed by atoms with van der Waals surface area (Å²) in [6.45, 7) is 0. The molecule has 3 rings (SSSR count). The van der Waals surface area contributed by atoms with Gasteiger partial charge < -0.3 is 4.57 Å². The van der Waals surface area contributed by atoms with Crippen LogP contribution in [0.1, 0.15) is 43.7 Å². The third-order valence-electron chi connectivity index (χ3n) is 3.62. The maximum absolute atomic E-state index is 6.14. The predicted molar refractivity (Wildman–Crippen MR) is 72.2 cm³/mol. The van der Waals surface area contributed by atoms with Gasteiger partial charge in [0, 0.05) is 24.0 Å². The van der Waals surface area contributed by atoms with Crippen LogP contribution in [0.15, 0.2) is 30.9 Å². The van der Waals surface area contributed by atoms with Crippen molar-refractivity contribution < 1.29 is 0 Å². The second-order valence-corrected chi connectivity index (χ2v) is 5.27. The van der Waals surface area contributed by atoms with Gasteiger partial charge in [0.1, 0.15) is 5.15 Å². The molecule has 2 aromatic rings. The zero-order chi connectivity index (χ0) is 12.4. The van der Waals surface area contributed by atoms with Gasteiger partial charge in [-0.2, -0.15) is 0 Å². The highest BCUT2D eigenvalue weighted by atomic mass is 35.5. The minimum absolute atomic E-state index is 0.569. The Bertz CT molecular complexity index is 516. The van der Waals surface area contributed by atoms with Crippen LogP contribution in [0.3, 0.4) is 0 Å². The summed E-state index contributed by atoms with van der Waals surface area (Å²) >= 11 is 6.14. The third kappa shape index (κ3) is 2.41. The number of nitrogens with zero attached hydrogens (tertiary/aromatic N) is 3.